The van der Waals surface area contributed by atoms with E-state index in [1.807, 2.05) is 0 Å². The summed E-state index contributed by atoms with van der Waals surface area (Å²) in [5.41, 5.74) is 5.96. The summed E-state index contributed by atoms with van der Waals surface area (Å²) in [6.45, 7) is 0.465. The predicted octanol–water partition coefficient (Wildman–Crippen LogP) is 2.53. The zero-order valence-electron chi connectivity index (χ0n) is 12.1. The highest BCUT2D eigenvalue weighted by Gasteiger charge is 2.20. The van der Waals surface area contributed by atoms with E-state index < -0.39 is 15.8 Å². The van der Waals surface area contributed by atoms with Crippen molar-refractivity contribution in [3.63, 3.8) is 0 Å². The molecule has 0 bridgehead atoms. The minimum absolute atomic E-state index is 0.0476. The summed E-state index contributed by atoms with van der Waals surface area (Å²) in [5.74, 6) is 0.0304. The highest BCUT2D eigenvalue weighted by Crippen LogP contribution is 2.26. The molecule has 4 nitrogen and oxygen atoms in total. The Labute approximate surface area is 126 Å². The lowest BCUT2D eigenvalue weighted by atomic mass is 9.87. The van der Waals surface area contributed by atoms with Crippen molar-refractivity contribution in [1.82, 2.24) is 4.72 Å². The Morgan fingerprint density at radius 1 is 1.24 bits per heavy atom. The number of hydrogen-bond acceptors (Lipinski definition) is 3. The monoisotopic (exact) mass is 314 g/mol. The van der Waals surface area contributed by atoms with Crippen LogP contribution in [0.4, 0.5) is 4.39 Å². The fourth-order valence-electron chi connectivity index (χ4n) is 2.90. The van der Waals surface area contributed by atoms with Gasteiger partial charge in [0.25, 0.3) is 0 Å². The minimum Gasteiger partial charge on any atom is -0.326 e. The van der Waals surface area contributed by atoms with Crippen LogP contribution in [0, 0.1) is 11.7 Å². The van der Waals surface area contributed by atoms with Crippen LogP contribution in [0.15, 0.2) is 23.1 Å². The quantitative estimate of drug-likeness (QED) is 0.847. The van der Waals surface area contributed by atoms with Crippen molar-refractivity contribution in [1.29, 1.82) is 0 Å². The second kappa shape index (κ2) is 7.33. The third-order valence-electron chi connectivity index (χ3n) is 4.11. The van der Waals surface area contributed by atoms with Gasteiger partial charge in [-0.2, -0.15) is 0 Å². The van der Waals surface area contributed by atoms with Gasteiger partial charge >= 0.3 is 0 Å². The highest BCUT2D eigenvalue weighted by molar-refractivity contribution is 7.89. The third kappa shape index (κ3) is 4.49. The number of rotatable bonds is 6. The van der Waals surface area contributed by atoms with Crippen LogP contribution in [0.5, 0.6) is 0 Å². The Hall–Kier alpha value is -0.980. The molecule has 1 aliphatic carbocycles. The van der Waals surface area contributed by atoms with Crippen LogP contribution in [0.2, 0.25) is 0 Å². The molecule has 0 aliphatic heterocycles. The van der Waals surface area contributed by atoms with Crippen LogP contribution >= 0.6 is 0 Å². The van der Waals surface area contributed by atoms with Crippen molar-refractivity contribution in [2.24, 2.45) is 11.7 Å². The van der Waals surface area contributed by atoms with Gasteiger partial charge in [-0.25, -0.2) is 17.5 Å². The molecule has 1 fully saturated rings. The van der Waals surface area contributed by atoms with Gasteiger partial charge in [0.2, 0.25) is 10.0 Å². The van der Waals surface area contributed by atoms with Crippen molar-refractivity contribution in [3.05, 3.63) is 29.6 Å². The molecule has 0 radical (unpaired) electrons. The van der Waals surface area contributed by atoms with E-state index in [1.165, 1.54) is 44.2 Å². The Kier molecular flexibility index (Phi) is 5.72. The molecule has 0 unspecified atom stereocenters. The van der Waals surface area contributed by atoms with Crippen molar-refractivity contribution in [2.75, 3.05) is 6.54 Å². The molecule has 2 rings (SSSR count). The first-order chi connectivity index (χ1) is 10.0. The van der Waals surface area contributed by atoms with E-state index in [0.29, 0.717) is 18.0 Å². The summed E-state index contributed by atoms with van der Waals surface area (Å²) in [7, 11) is -3.70. The molecule has 1 saturated carbocycles. The van der Waals surface area contributed by atoms with Crippen molar-refractivity contribution < 1.29 is 12.8 Å². The van der Waals surface area contributed by atoms with E-state index in [1.54, 1.807) is 0 Å². The first-order valence-electron chi connectivity index (χ1n) is 7.51. The van der Waals surface area contributed by atoms with E-state index in [9.17, 15) is 12.8 Å². The van der Waals surface area contributed by atoms with Crippen LogP contribution in [-0.2, 0) is 16.6 Å². The molecule has 0 atom stereocenters. The molecule has 0 aromatic heterocycles. The number of nitrogens with two attached hydrogens (primary N) is 1. The Bertz CT molecular complexity index is 569. The predicted molar refractivity (Wildman–Crippen MR) is 80.7 cm³/mol. The lowest BCUT2D eigenvalue weighted by Crippen LogP contribution is -2.28. The average molecular weight is 314 g/mol. The molecule has 6 heteroatoms. The fraction of sp³-hybridized carbons (Fsp3) is 0.600. The molecular weight excluding hydrogens is 291 g/mol. The van der Waals surface area contributed by atoms with E-state index in [4.69, 9.17) is 5.73 Å². The standard InChI is InChI=1S/C15H23FN2O2S/c16-14-7-6-13(11-17)15(10-14)21(19,20)18-9-8-12-4-2-1-3-5-12/h6-7,10,12,18H,1-5,8-9,11,17H2. The molecule has 1 aliphatic rings. The lowest BCUT2D eigenvalue weighted by molar-refractivity contribution is 0.339. The van der Waals surface area contributed by atoms with Gasteiger partial charge in [-0.1, -0.05) is 38.2 Å². The highest BCUT2D eigenvalue weighted by atomic mass is 32.2. The Morgan fingerprint density at radius 3 is 2.62 bits per heavy atom. The summed E-state index contributed by atoms with van der Waals surface area (Å²) >= 11 is 0. The second-order valence-electron chi connectivity index (χ2n) is 5.65. The number of hydrogen-bond donors (Lipinski definition) is 2. The van der Waals surface area contributed by atoms with Gasteiger partial charge in [0.1, 0.15) is 5.82 Å². The third-order valence-corrected chi connectivity index (χ3v) is 5.65. The Balaban J connectivity index is 1.99. The van der Waals surface area contributed by atoms with Crippen molar-refractivity contribution >= 4 is 10.0 Å². The molecular formula is C15H23FN2O2S. The van der Waals surface area contributed by atoms with E-state index >= 15 is 0 Å². The van der Waals surface area contributed by atoms with Crippen LogP contribution in [0.25, 0.3) is 0 Å². The van der Waals surface area contributed by atoms with Crippen LogP contribution in [0.1, 0.15) is 44.1 Å². The topological polar surface area (TPSA) is 72.2 Å². The smallest absolute Gasteiger partial charge is 0.240 e. The zero-order valence-corrected chi connectivity index (χ0v) is 13.0. The normalized spacial score (nSPS) is 17.0. The number of nitrogens with one attached hydrogen (secondary N) is 1. The summed E-state index contributed by atoms with van der Waals surface area (Å²) < 4.78 is 40.4. The molecule has 0 amide bonds. The van der Waals surface area contributed by atoms with Crippen LogP contribution in [0.3, 0.4) is 0 Å². The van der Waals surface area contributed by atoms with E-state index in [-0.39, 0.29) is 11.4 Å². The van der Waals surface area contributed by atoms with Gasteiger partial charge in [0, 0.05) is 13.1 Å². The van der Waals surface area contributed by atoms with Gasteiger partial charge < -0.3 is 5.73 Å². The summed E-state index contributed by atoms with van der Waals surface area (Å²) in [5, 5.41) is 0. The molecule has 21 heavy (non-hydrogen) atoms. The van der Waals surface area contributed by atoms with Crippen molar-refractivity contribution in [3.8, 4) is 0 Å². The Morgan fingerprint density at radius 2 is 1.95 bits per heavy atom. The molecule has 118 valence electrons. The molecule has 3 N–H and O–H groups in total. The zero-order chi connectivity index (χ0) is 15.3. The average Bonchev–Trinajstić information content (AvgIpc) is 2.48. The number of halogens is 1. The van der Waals surface area contributed by atoms with Crippen molar-refractivity contribution in [2.45, 2.75) is 50.0 Å². The SMILES string of the molecule is NCc1ccc(F)cc1S(=O)(=O)NCCC1CCCCC1. The molecule has 1 aromatic rings. The maximum atomic E-state index is 13.3. The lowest BCUT2D eigenvalue weighted by Gasteiger charge is -2.21. The molecule has 0 spiro atoms. The van der Waals surface area contributed by atoms with E-state index in [2.05, 4.69) is 4.72 Å². The second-order valence-corrected chi connectivity index (χ2v) is 7.38. The summed E-state index contributed by atoms with van der Waals surface area (Å²) in [4.78, 5) is -0.0476. The van der Waals surface area contributed by atoms with E-state index in [0.717, 1.165) is 12.5 Å². The van der Waals surface area contributed by atoms with Gasteiger partial charge in [-0.05, 0) is 30.0 Å². The van der Waals surface area contributed by atoms with Crippen LogP contribution in [-0.4, -0.2) is 15.0 Å². The summed E-state index contributed by atoms with van der Waals surface area (Å²) in [6, 6.07) is 3.68. The minimum atomic E-state index is -3.70. The molecule has 0 heterocycles. The van der Waals surface area contributed by atoms with Gasteiger partial charge in [-0.3, -0.25) is 0 Å². The first kappa shape index (κ1) is 16.4. The maximum Gasteiger partial charge on any atom is 0.240 e. The van der Waals surface area contributed by atoms with Gasteiger partial charge in [0.15, 0.2) is 0 Å². The molecule has 1 aromatic carbocycles. The van der Waals surface area contributed by atoms with Gasteiger partial charge in [0.05, 0.1) is 4.90 Å². The largest absolute Gasteiger partial charge is 0.326 e. The maximum absolute atomic E-state index is 13.3. The van der Waals surface area contributed by atoms with Crippen LogP contribution < -0.4 is 10.5 Å². The number of sulfonamides is 1. The first-order valence-corrected chi connectivity index (χ1v) is 8.99. The molecule has 0 saturated heterocycles. The van der Waals surface area contributed by atoms with Gasteiger partial charge in [-0.15, -0.1) is 0 Å². The summed E-state index contributed by atoms with van der Waals surface area (Å²) in [6.07, 6.45) is 6.95. The number of benzene rings is 1. The fourth-order valence-corrected chi connectivity index (χ4v) is 4.20.